The second-order valence-electron chi connectivity index (χ2n) is 3.10. The summed E-state index contributed by atoms with van der Waals surface area (Å²) in [5.41, 5.74) is 0.200. The van der Waals surface area contributed by atoms with Gasteiger partial charge in [0.15, 0.2) is 5.75 Å². The molecule has 0 saturated carbocycles. The van der Waals surface area contributed by atoms with E-state index in [0.717, 1.165) is 0 Å². The third kappa shape index (κ3) is 2.23. The number of phenols is 1. The third-order valence-electron chi connectivity index (χ3n) is 2.16. The molecular weight excluding hydrogens is 196 g/mol. The van der Waals surface area contributed by atoms with E-state index in [2.05, 4.69) is 0 Å². The van der Waals surface area contributed by atoms with Gasteiger partial charge >= 0.3 is 5.69 Å². The maximum Gasteiger partial charge on any atom is 0.311 e. The number of nitro benzene ring substituents is 1. The fraction of sp³-hybridized carbons (Fsp3) is 0.300. The van der Waals surface area contributed by atoms with Crippen molar-refractivity contribution >= 4 is 5.69 Å². The molecule has 0 heterocycles. The third-order valence-corrected chi connectivity index (χ3v) is 2.16. The molecule has 0 radical (unpaired) electrons. The first kappa shape index (κ1) is 11.0. The summed E-state index contributed by atoms with van der Waals surface area (Å²) in [6, 6.07) is 6.06. The van der Waals surface area contributed by atoms with Crippen molar-refractivity contribution in [3.8, 4) is 11.8 Å². The fourth-order valence-corrected chi connectivity index (χ4v) is 1.30. The van der Waals surface area contributed by atoms with E-state index in [1.54, 1.807) is 0 Å². The topological polar surface area (TPSA) is 87.2 Å². The number of nitriles is 1. The molecule has 1 aromatic carbocycles. The zero-order valence-electron chi connectivity index (χ0n) is 8.17. The second-order valence-corrected chi connectivity index (χ2v) is 3.10. The first-order valence-corrected chi connectivity index (χ1v) is 4.47. The summed E-state index contributed by atoms with van der Waals surface area (Å²) in [6.07, 6.45) is 0.582. The van der Waals surface area contributed by atoms with Gasteiger partial charge < -0.3 is 5.11 Å². The van der Waals surface area contributed by atoms with Crippen LogP contribution < -0.4 is 0 Å². The van der Waals surface area contributed by atoms with Crippen LogP contribution in [0.4, 0.5) is 5.69 Å². The molecule has 0 aliphatic heterocycles. The second kappa shape index (κ2) is 4.42. The number of benzene rings is 1. The molecule has 5 nitrogen and oxygen atoms in total. The maximum atomic E-state index is 10.5. The molecule has 1 unspecified atom stereocenters. The molecule has 1 N–H and O–H groups in total. The van der Waals surface area contributed by atoms with E-state index >= 15 is 0 Å². The quantitative estimate of drug-likeness (QED) is 0.607. The zero-order chi connectivity index (χ0) is 11.4. The predicted octanol–water partition coefficient (Wildman–Crippen LogP) is 2.32. The predicted molar refractivity (Wildman–Crippen MR) is 53.4 cm³/mol. The number of phenolic OH excluding ortho intramolecular Hbond substituents is 1. The summed E-state index contributed by atoms with van der Waals surface area (Å²) in [5, 5.41) is 28.5. The number of rotatable bonds is 3. The van der Waals surface area contributed by atoms with Gasteiger partial charge in [0.05, 0.1) is 16.9 Å². The van der Waals surface area contributed by atoms with Crippen LogP contribution in [0.1, 0.15) is 24.8 Å². The highest BCUT2D eigenvalue weighted by atomic mass is 16.6. The van der Waals surface area contributed by atoms with Gasteiger partial charge in [-0.25, -0.2) is 0 Å². The summed E-state index contributed by atoms with van der Waals surface area (Å²) in [6.45, 7) is 1.83. The number of nitro groups is 1. The molecular formula is C10H10N2O3. The van der Waals surface area contributed by atoms with Crippen LogP contribution >= 0.6 is 0 Å². The van der Waals surface area contributed by atoms with Crippen LogP contribution in [0.5, 0.6) is 5.75 Å². The molecule has 0 spiro atoms. The summed E-state index contributed by atoms with van der Waals surface area (Å²) in [7, 11) is 0. The van der Waals surface area contributed by atoms with Gasteiger partial charge in [0.25, 0.3) is 0 Å². The first-order chi connectivity index (χ1) is 7.10. The standard InChI is InChI=1S/C10H10N2O3/c1-2-7(6-11)8-3-4-10(13)9(5-8)12(14)15/h3-5,7,13H,2H2,1H3. The Morgan fingerprint density at radius 3 is 2.80 bits per heavy atom. The van der Waals surface area contributed by atoms with Gasteiger partial charge in [0.2, 0.25) is 0 Å². The van der Waals surface area contributed by atoms with E-state index in [4.69, 9.17) is 5.26 Å². The smallest absolute Gasteiger partial charge is 0.311 e. The highest BCUT2D eigenvalue weighted by molar-refractivity contribution is 5.49. The molecule has 1 rings (SSSR count). The summed E-state index contributed by atoms with van der Waals surface area (Å²) >= 11 is 0. The van der Waals surface area contributed by atoms with Gasteiger partial charge in [-0.05, 0) is 18.1 Å². The number of aromatic hydroxyl groups is 1. The lowest BCUT2D eigenvalue weighted by Crippen LogP contribution is -1.96. The van der Waals surface area contributed by atoms with Crippen molar-refractivity contribution in [3.63, 3.8) is 0 Å². The first-order valence-electron chi connectivity index (χ1n) is 4.47. The van der Waals surface area contributed by atoms with Gasteiger partial charge in [-0.3, -0.25) is 10.1 Å². The van der Waals surface area contributed by atoms with E-state index < -0.39 is 4.92 Å². The van der Waals surface area contributed by atoms with Crippen LogP contribution in [0, 0.1) is 21.4 Å². The lowest BCUT2D eigenvalue weighted by molar-refractivity contribution is -0.385. The van der Waals surface area contributed by atoms with Crippen molar-refractivity contribution in [2.75, 3.05) is 0 Å². The molecule has 0 amide bonds. The van der Waals surface area contributed by atoms with Crippen LogP contribution in [0.25, 0.3) is 0 Å². The minimum absolute atomic E-state index is 0.360. The minimum Gasteiger partial charge on any atom is -0.502 e. The monoisotopic (exact) mass is 206 g/mol. The Bertz CT molecular complexity index is 423. The van der Waals surface area contributed by atoms with E-state index in [1.807, 2.05) is 13.0 Å². The van der Waals surface area contributed by atoms with Gasteiger partial charge in [-0.2, -0.15) is 5.26 Å². The van der Waals surface area contributed by atoms with Crippen LogP contribution in [0.2, 0.25) is 0 Å². The molecule has 15 heavy (non-hydrogen) atoms. The molecule has 1 atom stereocenters. The van der Waals surface area contributed by atoms with Crippen molar-refractivity contribution < 1.29 is 10.0 Å². The SMILES string of the molecule is CCC(C#N)c1ccc(O)c([N+](=O)[O-])c1. The average molecular weight is 206 g/mol. The summed E-state index contributed by atoms with van der Waals surface area (Å²) < 4.78 is 0. The van der Waals surface area contributed by atoms with Crippen LogP contribution in [0.3, 0.4) is 0 Å². The Balaban J connectivity index is 3.19. The highest BCUT2D eigenvalue weighted by Gasteiger charge is 2.17. The Kier molecular flexibility index (Phi) is 3.24. The fourth-order valence-electron chi connectivity index (χ4n) is 1.30. The molecule has 0 saturated heterocycles. The van der Waals surface area contributed by atoms with Crippen LogP contribution in [-0.2, 0) is 0 Å². The minimum atomic E-state index is -0.664. The van der Waals surface area contributed by atoms with Crippen LogP contribution in [-0.4, -0.2) is 10.0 Å². The van der Waals surface area contributed by atoms with Crippen molar-refractivity contribution in [2.45, 2.75) is 19.3 Å². The van der Waals surface area contributed by atoms with Gasteiger partial charge in [0, 0.05) is 6.07 Å². The number of hydrogen-bond acceptors (Lipinski definition) is 4. The number of nitrogens with zero attached hydrogens (tertiary/aromatic N) is 2. The maximum absolute atomic E-state index is 10.5. The van der Waals surface area contributed by atoms with Gasteiger partial charge in [-0.15, -0.1) is 0 Å². The molecule has 0 aliphatic carbocycles. The van der Waals surface area contributed by atoms with Crippen molar-refractivity contribution in [1.29, 1.82) is 5.26 Å². The van der Waals surface area contributed by atoms with E-state index in [9.17, 15) is 15.2 Å². The van der Waals surface area contributed by atoms with Crippen LogP contribution in [0.15, 0.2) is 18.2 Å². The molecule has 78 valence electrons. The van der Waals surface area contributed by atoms with Crippen molar-refractivity contribution in [2.24, 2.45) is 0 Å². The molecule has 1 aromatic rings. The van der Waals surface area contributed by atoms with E-state index in [0.29, 0.717) is 12.0 Å². The Morgan fingerprint density at radius 1 is 1.67 bits per heavy atom. The summed E-state index contributed by atoms with van der Waals surface area (Å²) in [5.74, 6) is -0.749. The summed E-state index contributed by atoms with van der Waals surface area (Å²) in [4.78, 5) is 9.87. The highest BCUT2D eigenvalue weighted by Crippen LogP contribution is 2.30. The molecule has 5 heteroatoms. The average Bonchev–Trinajstić information content (AvgIpc) is 2.21. The normalized spacial score (nSPS) is 11.7. The molecule has 0 aromatic heterocycles. The van der Waals surface area contributed by atoms with E-state index in [1.165, 1.54) is 18.2 Å². The van der Waals surface area contributed by atoms with Crippen molar-refractivity contribution in [3.05, 3.63) is 33.9 Å². The molecule has 0 aliphatic rings. The Morgan fingerprint density at radius 2 is 2.33 bits per heavy atom. The largest absolute Gasteiger partial charge is 0.502 e. The Hall–Kier alpha value is -2.09. The molecule has 0 fully saturated rings. The van der Waals surface area contributed by atoms with Gasteiger partial charge in [0.1, 0.15) is 0 Å². The zero-order valence-corrected chi connectivity index (χ0v) is 8.17. The van der Waals surface area contributed by atoms with E-state index in [-0.39, 0.29) is 17.4 Å². The Labute approximate surface area is 86.7 Å². The lowest BCUT2D eigenvalue weighted by Gasteiger charge is -2.06. The van der Waals surface area contributed by atoms with Crippen molar-refractivity contribution in [1.82, 2.24) is 0 Å². The molecule has 0 bridgehead atoms. The van der Waals surface area contributed by atoms with Gasteiger partial charge in [-0.1, -0.05) is 13.0 Å². The lowest BCUT2D eigenvalue weighted by atomic mass is 9.97. The number of hydrogen-bond donors (Lipinski definition) is 1.